The van der Waals surface area contributed by atoms with Gasteiger partial charge in [0.05, 0.1) is 6.10 Å². The third-order valence-electron chi connectivity index (χ3n) is 9.30. The first-order valence-electron chi connectivity index (χ1n) is 15.9. The summed E-state index contributed by atoms with van der Waals surface area (Å²) < 4.78 is 6.47. The van der Waals surface area contributed by atoms with Crippen molar-refractivity contribution in [3.05, 3.63) is 57.5 Å². The zero-order valence-corrected chi connectivity index (χ0v) is 26.3. The van der Waals surface area contributed by atoms with Crippen LogP contribution in [0.2, 0.25) is 0 Å². The Bertz CT molecular complexity index is 1380. The van der Waals surface area contributed by atoms with Crippen molar-refractivity contribution in [3.8, 4) is 5.75 Å². The molecule has 2 aromatic heterocycles. The quantitative estimate of drug-likeness (QED) is 0.235. The molecule has 1 aromatic carbocycles. The second-order valence-electron chi connectivity index (χ2n) is 13.1. The van der Waals surface area contributed by atoms with Gasteiger partial charge in [0, 0.05) is 27.3 Å². The van der Waals surface area contributed by atoms with Crippen LogP contribution in [0.25, 0.3) is 10.8 Å². The highest BCUT2D eigenvalue weighted by Gasteiger charge is 2.26. The van der Waals surface area contributed by atoms with E-state index in [0.717, 1.165) is 58.2 Å². The maximum Gasteiger partial charge on any atom is 0.326 e. The van der Waals surface area contributed by atoms with E-state index in [0.29, 0.717) is 11.8 Å². The fourth-order valence-electron chi connectivity index (χ4n) is 6.64. The summed E-state index contributed by atoms with van der Waals surface area (Å²) in [6.45, 7) is 8.87. The van der Waals surface area contributed by atoms with Crippen LogP contribution in [0, 0.1) is 17.8 Å². The summed E-state index contributed by atoms with van der Waals surface area (Å²) in [5.41, 5.74) is 1.18. The third-order valence-corrected chi connectivity index (χ3v) is 10.7. The largest absolute Gasteiger partial charge is 0.490 e. The Morgan fingerprint density at radius 1 is 1.00 bits per heavy atom. The molecule has 0 aliphatic heterocycles. The molecule has 0 saturated heterocycles. The Morgan fingerprint density at radius 3 is 2.38 bits per heavy atom. The Balaban J connectivity index is 1.36. The van der Waals surface area contributed by atoms with Crippen LogP contribution in [0.3, 0.4) is 0 Å². The molecule has 1 amide bonds. The third kappa shape index (κ3) is 7.52. The van der Waals surface area contributed by atoms with Gasteiger partial charge in [-0.1, -0.05) is 59.4 Å². The smallest absolute Gasteiger partial charge is 0.326 e. The predicted octanol–water partition coefficient (Wildman–Crippen LogP) is 8.17. The lowest BCUT2D eigenvalue weighted by molar-refractivity contribution is -0.139. The molecule has 7 heteroatoms. The molecular weight excluding hydrogens is 544 g/mol. The van der Waals surface area contributed by atoms with Crippen LogP contribution in [-0.2, 0) is 17.6 Å². The van der Waals surface area contributed by atoms with E-state index < -0.39 is 17.9 Å². The van der Waals surface area contributed by atoms with Crippen LogP contribution in [0.1, 0.15) is 111 Å². The SMILES string of the molecule is CC(C)c1ccc(CC(NC(=O)c2cc3ccc(OC4CCC(C(C)C)CC4)cc3c(CC3CCCC3)n2)C(=O)O)s1. The average molecular weight is 591 g/mol. The summed E-state index contributed by atoms with van der Waals surface area (Å²) in [5.74, 6) is 1.82. The number of benzene rings is 1. The number of aliphatic carboxylic acids is 1. The van der Waals surface area contributed by atoms with Gasteiger partial charge in [0.15, 0.2) is 0 Å². The van der Waals surface area contributed by atoms with Crippen LogP contribution in [0.15, 0.2) is 36.4 Å². The number of carbonyl (C=O) groups excluding carboxylic acids is 1. The average Bonchev–Trinajstić information content (AvgIpc) is 3.65. The van der Waals surface area contributed by atoms with E-state index in [-0.39, 0.29) is 18.2 Å². The van der Waals surface area contributed by atoms with E-state index in [9.17, 15) is 14.7 Å². The van der Waals surface area contributed by atoms with Crippen molar-refractivity contribution < 1.29 is 19.4 Å². The molecule has 1 atom stereocenters. The number of carboxylic acids is 1. The van der Waals surface area contributed by atoms with E-state index in [1.54, 1.807) is 17.4 Å². The van der Waals surface area contributed by atoms with Gasteiger partial charge < -0.3 is 15.2 Å². The molecule has 2 heterocycles. The highest BCUT2D eigenvalue weighted by Crippen LogP contribution is 2.35. The number of carboxylic acid groups (broad SMARTS) is 1. The van der Waals surface area contributed by atoms with Gasteiger partial charge in [-0.2, -0.15) is 0 Å². The summed E-state index contributed by atoms with van der Waals surface area (Å²) in [6.07, 6.45) is 10.7. The number of aromatic nitrogens is 1. The van der Waals surface area contributed by atoms with E-state index in [1.807, 2.05) is 24.3 Å². The molecule has 2 aliphatic carbocycles. The van der Waals surface area contributed by atoms with Crippen molar-refractivity contribution in [2.24, 2.45) is 17.8 Å². The Labute approximate surface area is 254 Å². The number of nitrogens with zero attached hydrogens (tertiary/aromatic N) is 1. The molecule has 2 aliphatic rings. The number of hydrogen-bond acceptors (Lipinski definition) is 5. The molecule has 2 fully saturated rings. The minimum Gasteiger partial charge on any atom is -0.490 e. The molecule has 0 radical (unpaired) electrons. The summed E-state index contributed by atoms with van der Waals surface area (Å²) in [6, 6.07) is 10.9. The molecule has 3 aromatic rings. The van der Waals surface area contributed by atoms with E-state index in [1.165, 1.54) is 43.4 Å². The number of amides is 1. The number of rotatable bonds is 11. The van der Waals surface area contributed by atoms with Gasteiger partial charge in [-0.15, -0.1) is 11.3 Å². The van der Waals surface area contributed by atoms with Gasteiger partial charge in [-0.05, 0) is 91.5 Å². The molecule has 0 bridgehead atoms. The molecule has 5 rings (SSSR count). The molecule has 2 N–H and O–H groups in total. The summed E-state index contributed by atoms with van der Waals surface area (Å²) in [5, 5.41) is 14.7. The number of thiophene rings is 1. The second kappa shape index (κ2) is 13.6. The summed E-state index contributed by atoms with van der Waals surface area (Å²) >= 11 is 1.60. The van der Waals surface area contributed by atoms with E-state index in [4.69, 9.17) is 9.72 Å². The molecule has 6 nitrogen and oxygen atoms in total. The van der Waals surface area contributed by atoms with Crippen LogP contribution >= 0.6 is 11.3 Å². The maximum atomic E-state index is 13.4. The number of hydrogen-bond donors (Lipinski definition) is 2. The zero-order chi connectivity index (χ0) is 29.8. The minimum atomic E-state index is -1.04. The van der Waals surface area contributed by atoms with Crippen molar-refractivity contribution in [1.82, 2.24) is 10.3 Å². The number of ether oxygens (including phenoxy) is 1. The van der Waals surface area contributed by atoms with Crippen LogP contribution in [-0.4, -0.2) is 34.1 Å². The first-order valence-corrected chi connectivity index (χ1v) is 16.7. The molecule has 226 valence electrons. The van der Waals surface area contributed by atoms with Gasteiger partial charge in [-0.3, -0.25) is 4.79 Å². The fraction of sp³-hybridized carbons (Fsp3) is 0.571. The van der Waals surface area contributed by atoms with Gasteiger partial charge in [-0.25, -0.2) is 9.78 Å². The monoisotopic (exact) mass is 590 g/mol. The summed E-state index contributed by atoms with van der Waals surface area (Å²) in [4.78, 5) is 32.6. The van der Waals surface area contributed by atoms with Crippen molar-refractivity contribution in [2.75, 3.05) is 0 Å². The Hall–Kier alpha value is -2.93. The maximum absolute atomic E-state index is 13.4. The normalized spacial score (nSPS) is 20.3. The standard InChI is InChI=1S/C35H46N2O4S/c1-21(2)24-9-12-26(13-10-24)41-27-14-11-25-18-31(36-30(29(25)19-27)17-23-7-5-6-8-23)34(38)37-32(35(39)40)20-28-15-16-33(42-28)22(3)4/h11,14-16,18-19,21-24,26,32H,5-10,12-13,17,20H2,1-4H3,(H,37,38)(H,39,40). The van der Waals surface area contributed by atoms with Gasteiger partial charge >= 0.3 is 5.97 Å². The van der Waals surface area contributed by atoms with Gasteiger partial charge in [0.2, 0.25) is 0 Å². The molecule has 2 saturated carbocycles. The first kappa shape index (κ1) is 30.5. The van der Waals surface area contributed by atoms with Crippen LogP contribution in [0.4, 0.5) is 0 Å². The van der Waals surface area contributed by atoms with Crippen LogP contribution in [0.5, 0.6) is 5.75 Å². The van der Waals surface area contributed by atoms with Crippen molar-refractivity contribution in [1.29, 1.82) is 0 Å². The lowest BCUT2D eigenvalue weighted by Gasteiger charge is -2.31. The first-order chi connectivity index (χ1) is 20.2. The lowest BCUT2D eigenvalue weighted by Crippen LogP contribution is -2.42. The zero-order valence-electron chi connectivity index (χ0n) is 25.5. The Kier molecular flexibility index (Phi) is 9.87. The van der Waals surface area contributed by atoms with Gasteiger partial charge in [0.1, 0.15) is 17.5 Å². The molecular formula is C35H46N2O4S. The van der Waals surface area contributed by atoms with Crippen LogP contribution < -0.4 is 10.1 Å². The topological polar surface area (TPSA) is 88.5 Å². The highest BCUT2D eigenvalue weighted by molar-refractivity contribution is 7.12. The highest BCUT2D eigenvalue weighted by atomic mass is 32.1. The number of carbonyl (C=O) groups is 2. The molecule has 0 spiro atoms. The Morgan fingerprint density at radius 2 is 1.74 bits per heavy atom. The fourth-order valence-corrected chi connectivity index (χ4v) is 7.70. The number of nitrogens with one attached hydrogen (secondary N) is 1. The van der Waals surface area contributed by atoms with E-state index in [2.05, 4.69) is 39.1 Å². The van der Waals surface area contributed by atoms with E-state index >= 15 is 0 Å². The lowest BCUT2D eigenvalue weighted by atomic mass is 9.80. The minimum absolute atomic E-state index is 0.238. The second-order valence-corrected chi connectivity index (χ2v) is 14.3. The predicted molar refractivity (Wildman–Crippen MR) is 170 cm³/mol. The van der Waals surface area contributed by atoms with Crippen molar-refractivity contribution >= 4 is 34.0 Å². The van der Waals surface area contributed by atoms with Gasteiger partial charge in [0.25, 0.3) is 5.91 Å². The molecule has 1 unspecified atom stereocenters. The summed E-state index contributed by atoms with van der Waals surface area (Å²) in [7, 11) is 0. The number of pyridine rings is 1. The molecule has 42 heavy (non-hydrogen) atoms. The van der Waals surface area contributed by atoms with Crippen molar-refractivity contribution in [3.63, 3.8) is 0 Å². The number of fused-ring (bicyclic) bond motifs is 1. The van der Waals surface area contributed by atoms with Crippen molar-refractivity contribution in [2.45, 2.75) is 110 Å².